The number of ether oxygens (including phenoxy) is 1. The number of carbonyl (C=O) groups is 1. The summed E-state index contributed by atoms with van der Waals surface area (Å²) in [4.78, 5) is 18.1. The van der Waals surface area contributed by atoms with Crippen LogP contribution in [0.3, 0.4) is 0 Å². The number of rotatable bonds is 7. The second-order valence-electron chi connectivity index (χ2n) is 8.73. The van der Waals surface area contributed by atoms with Crippen molar-refractivity contribution in [3.8, 4) is 16.9 Å². The highest BCUT2D eigenvalue weighted by molar-refractivity contribution is 6.02. The number of hydrogen-bond donors (Lipinski definition) is 2. The highest BCUT2D eigenvalue weighted by atomic mass is 16.5. The molecule has 0 spiro atoms. The van der Waals surface area contributed by atoms with Gasteiger partial charge in [-0.2, -0.15) is 0 Å². The largest absolute Gasteiger partial charge is 0.497 e. The van der Waals surface area contributed by atoms with Crippen LogP contribution in [0.1, 0.15) is 18.1 Å². The van der Waals surface area contributed by atoms with Crippen molar-refractivity contribution in [2.24, 2.45) is 5.73 Å². The Hall–Kier alpha value is -4.09. The zero-order valence-electron chi connectivity index (χ0n) is 20.0. The van der Waals surface area contributed by atoms with Crippen LogP contribution in [0.5, 0.6) is 5.75 Å². The molecule has 5 nitrogen and oxygen atoms in total. The standard InChI is InChI=1S/C30H29N3O2/c1-20(34)33(19-21-7-5-10-24(17-21)35-2)30-27(15-16-31)28-18-23(13-14-29(28)32-30)26-12-6-9-22-8-3-4-11-25(22)26/h3-14,17-18,32H,15-16,19,31H2,1-2H3. The van der Waals surface area contributed by atoms with Crippen molar-refractivity contribution >= 4 is 33.4 Å². The van der Waals surface area contributed by atoms with Crippen LogP contribution >= 0.6 is 0 Å². The summed E-state index contributed by atoms with van der Waals surface area (Å²) in [6.45, 7) is 2.52. The Morgan fingerprint density at radius 3 is 2.54 bits per heavy atom. The van der Waals surface area contributed by atoms with Crippen molar-refractivity contribution in [2.75, 3.05) is 18.6 Å². The number of aromatic amines is 1. The van der Waals surface area contributed by atoms with E-state index in [2.05, 4.69) is 65.6 Å². The average Bonchev–Trinajstić information content (AvgIpc) is 3.24. The van der Waals surface area contributed by atoms with Crippen molar-refractivity contribution in [1.82, 2.24) is 4.98 Å². The Morgan fingerprint density at radius 1 is 0.943 bits per heavy atom. The third-order valence-electron chi connectivity index (χ3n) is 6.50. The Morgan fingerprint density at radius 2 is 1.74 bits per heavy atom. The molecule has 0 fully saturated rings. The van der Waals surface area contributed by atoms with Gasteiger partial charge in [-0.1, -0.05) is 60.7 Å². The normalized spacial score (nSPS) is 11.2. The number of fused-ring (bicyclic) bond motifs is 2. The summed E-state index contributed by atoms with van der Waals surface area (Å²) >= 11 is 0. The molecule has 0 aliphatic carbocycles. The molecule has 0 saturated carbocycles. The third-order valence-corrected chi connectivity index (χ3v) is 6.50. The predicted molar refractivity (Wildman–Crippen MR) is 144 cm³/mol. The van der Waals surface area contributed by atoms with Crippen molar-refractivity contribution in [3.05, 3.63) is 96.1 Å². The number of H-pyrrole nitrogens is 1. The van der Waals surface area contributed by atoms with Crippen molar-refractivity contribution in [1.29, 1.82) is 0 Å². The van der Waals surface area contributed by atoms with Gasteiger partial charge in [-0.15, -0.1) is 0 Å². The molecule has 0 unspecified atom stereocenters. The van der Waals surface area contributed by atoms with Gasteiger partial charge in [0.05, 0.1) is 13.7 Å². The maximum Gasteiger partial charge on any atom is 0.225 e. The van der Waals surface area contributed by atoms with Crippen LogP contribution in [0.4, 0.5) is 5.82 Å². The fourth-order valence-corrected chi connectivity index (χ4v) is 4.81. The van der Waals surface area contributed by atoms with E-state index >= 15 is 0 Å². The lowest BCUT2D eigenvalue weighted by atomic mass is 9.96. The van der Waals surface area contributed by atoms with Crippen LogP contribution < -0.4 is 15.4 Å². The van der Waals surface area contributed by atoms with Gasteiger partial charge in [0.1, 0.15) is 11.6 Å². The molecule has 5 heteroatoms. The minimum atomic E-state index is -0.0353. The minimum Gasteiger partial charge on any atom is -0.497 e. The lowest BCUT2D eigenvalue weighted by Gasteiger charge is -2.22. The van der Waals surface area contributed by atoms with E-state index in [-0.39, 0.29) is 5.91 Å². The molecule has 5 aromatic rings. The number of amides is 1. The molecule has 0 saturated heterocycles. The molecule has 176 valence electrons. The molecule has 4 aromatic carbocycles. The van der Waals surface area contributed by atoms with Crippen LogP contribution in [0.2, 0.25) is 0 Å². The number of anilines is 1. The van der Waals surface area contributed by atoms with Crippen molar-refractivity contribution in [3.63, 3.8) is 0 Å². The molecule has 35 heavy (non-hydrogen) atoms. The number of nitrogens with zero attached hydrogens (tertiary/aromatic N) is 1. The van der Waals surface area contributed by atoms with Gasteiger partial charge in [-0.3, -0.25) is 9.69 Å². The Balaban J connectivity index is 1.62. The minimum absolute atomic E-state index is 0.0353. The molecule has 0 atom stereocenters. The molecular formula is C30H29N3O2. The first kappa shape index (κ1) is 22.7. The number of benzene rings is 4. The van der Waals surface area contributed by atoms with E-state index in [0.717, 1.165) is 39.2 Å². The zero-order chi connectivity index (χ0) is 24.4. The average molecular weight is 464 g/mol. The highest BCUT2D eigenvalue weighted by Crippen LogP contribution is 2.36. The first-order valence-corrected chi connectivity index (χ1v) is 11.8. The van der Waals surface area contributed by atoms with Gasteiger partial charge in [0.25, 0.3) is 0 Å². The van der Waals surface area contributed by atoms with Gasteiger partial charge in [0.15, 0.2) is 0 Å². The maximum atomic E-state index is 12.8. The second kappa shape index (κ2) is 9.65. The van der Waals surface area contributed by atoms with E-state index in [9.17, 15) is 4.79 Å². The number of hydrogen-bond acceptors (Lipinski definition) is 3. The fourth-order valence-electron chi connectivity index (χ4n) is 4.81. The lowest BCUT2D eigenvalue weighted by molar-refractivity contribution is -0.116. The number of aromatic nitrogens is 1. The molecule has 1 amide bonds. The summed E-state index contributed by atoms with van der Waals surface area (Å²) in [5.41, 5.74) is 11.4. The summed E-state index contributed by atoms with van der Waals surface area (Å²) in [6, 6.07) is 29.1. The van der Waals surface area contributed by atoms with E-state index in [1.54, 1.807) is 18.9 Å². The first-order valence-electron chi connectivity index (χ1n) is 11.8. The quantitative estimate of drug-likeness (QED) is 0.309. The van der Waals surface area contributed by atoms with Crippen LogP contribution in [0.15, 0.2) is 84.9 Å². The Labute approximate surface area is 205 Å². The smallest absolute Gasteiger partial charge is 0.225 e. The predicted octanol–water partition coefficient (Wildman–Crippen LogP) is 6.05. The second-order valence-corrected chi connectivity index (χ2v) is 8.73. The molecule has 0 radical (unpaired) electrons. The molecular weight excluding hydrogens is 434 g/mol. The molecule has 0 aliphatic rings. The van der Waals surface area contributed by atoms with Gasteiger partial charge in [0.2, 0.25) is 5.91 Å². The zero-order valence-corrected chi connectivity index (χ0v) is 20.0. The van der Waals surface area contributed by atoms with Crippen molar-refractivity contribution < 1.29 is 9.53 Å². The Kier molecular flexibility index (Phi) is 6.25. The molecule has 1 heterocycles. The summed E-state index contributed by atoms with van der Waals surface area (Å²) in [5, 5.41) is 3.52. The van der Waals surface area contributed by atoms with E-state index < -0.39 is 0 Å². The number of carbonyl (C=O) groups excluding carboxylic acids is 1. The number of nitrogens with two attached hydrogens (primary N) is 1. The van der Waals surface area contributed by atoms with Crippen molar-refractivity contribution in [2.45, 2.75) is 19.9 Å². The maximum absolute atomic E-state index is 12.8. The highest BCUT2D eigenvalue weighted by Gasteiger charge is 2.21. The lowest BCUT2D eigenvalue weighted by Crippen LogP contribution is -2.29. The van der Waals surface area contributed by atoms with Gasteiger partial charge < -0.3 is 15.5 Å². The summed E-state index contributed by atoms with van der Waals surface area (Å²) in [5.74, 6) is 1.53. The topological polar surface area (TPSA) is 71.3 Å². The first-order chi connectivity index (χ1) is 17.1. The molecule has 0 aliphatic heterocycles. The summed E-state index contributed by atoms with van der Waals surface area (Å²) in [7, 11) is 1.65. The fraction of sp³-hybridized carbons (Fsp3) is 0.167. The third kappa shape index (κ3) is 4.38. The van der Waals surface area contributed by atoms with Gasteiger partial charge in [-0.05, 0) is 64.7 Å². The SMILES string of the molecule is COc1cccc(CN(C(C)=O)c2[nH]c3ccc(-c4cccc5ccccc45)cc3c2CCN)c1. The van der Waals surface area contributed by atoms with Gasteiger partial charge in [0, 0.05) is 23.4 Å². The summed E-state index contributed by atoms with van der Waals surface area (Å²) in [6.07, 6.45) is 0.663. The van der Waals surface area contributed by atoms with Crippen LogP contribution in [-0.4, -0.2) is 24.5 Å². The molecule has 3 N–H and O–H groups in total. The van der Waals surface area contributed by atoms with Crippen LogP contribution in [0.25, 0.3) is 32.8 Å². The van der Waals surface area contributed by atoms with E-state index in [4.69, 9.17) is 10.5 Å². The molecule has 1 aromatic heterocycles. The van der Waals surface area contributed by atoms with Gasteiger partial charge in [-0.25, -0.2) is 0 Å². The monoisotopic (exact) mass is 463 g/mol. The molecule has 0 bridgehead atoms. The van der Waals surface area contributed by atoms with E-state index in [1.165, 1.54) is 16.3 Å². The van der Waals surface area contributed by atoms with E-state index in [0.29, 0.717) is 19.5 Å². The van der Waals surface area contributed by atoms with Gasteiger partial charge >= 0.3 is 0 Å². The Bertz CT molecular complexity index is 1510. The number of nitrogens with one attached hydrogen (secondary N) is 1. The molecule has 5 rings (SSSR count). The van der Waals surface area contributed by atoms with E-state index in [1.807, 2.05) is 24.3 Å². The van der Waals surface area contributed by atoms with Crippen LogP contribution in [-0.2, 0) is 17.8 Å². The number of methoxy groups -OCH3 is 1. The summed E-state index contributed by atoms with van der Waals surface area (Å²) < 4.78 is 5.37. The van der Waals surface area contributed by atoms with Crippen LogP contribution in [0, 0.1) is 0 Å².